The third-order valence-corrected chi connectivity index (χ3v) is 4.78. The lowest BCUT2D eigenvalue weighted by molar-refractivity contribution is 0.0695. The minimum absolute atomic E-state index is 0.0875. The summed E-state index contributed by atoms with van der Waals surface area (Å²) in [6, 6.07) is 2.15. The van der Waals surface area contributed by atoms with Gasteiger partial charge in [-0.15, -0.1) is 11.3 Å². The highest BCUT2D eigenvalue weighted by atomic mass is 79.9. The predicted molar refractivity (Wildman–Crippen MR) is 71.7 cm³/mol. The van der Waals surface area contributed by atoms with E-state index in [0.29, 0.717) is 5.92 Å². The molecule has 4 heteroatoms. The number of aliphatic hydroxyl groups is 1. The summed E-state index contributed by atoms with van der Waals surface area (Å²) in [5, 5.41) is 15.4. The highest BCUT2D eigenvalue weighted by molar-refractivity contribution is 9.11. The van der Waals surface area contributed by atoms with E-state index in [9.17, 15) is 5.11 Å². The van der Waals surface area contributed by atoms with Crippen LogP contribution in [-0.4, -0.2) is 17.8 Å². The SMILES string of the molecule is OC1CCCCC1CNCc1csc(Br)c1. The first-order valence-electron chi connectivity index (χ1n) is 5.87. The highest BCUT2D eigenvalue weighted by Gasteiger charge is 2.22. The molecule has 2 unspecified atom stereocenters. The molecule has 2 N–H and O–H groups in total. The lowest BCUT2D eigenvalue weighted by atomic mass is 9.86. The Morgan fingerprint density at radius 2 is 2.25 bits per heavy atom. The summed E-state index contributed by atoms with van der Waals surface area (Å²) in [7, 11) is 0. The predicted octanol–water partition coefficient (Wildman–Crippen LogP) is 3.15. The molecule has 90 valence electrons. The van der Waals surface area contributed by atoms with E-state index in [0.717, 1.165) is 19.5 Å². The molecule has 1 heterocycles. The molecule has 2 atom stereocenters. The first kappa shape index (κ1) is 12.6. The van der Waals surface area contributed by atoms with Crippen LogP contribution in [0.2, 0.25) is 0 Å². The van der Waals surface area contributed by atoms with Gasteiger partial charge in [-0.3, -0.25) is 0 Å². The number of thiophene rings is 1. The summed E-state index contributed by atoms with van der Waals surface area (Å²) in [5.74, 6) is 0.454. The molecule has 16 heavy (non-hydrogen) atoms. The van der Waals surface area contributed by atoms with Gasteiger partial charge in [0.15, 0.2) is 0 Å². The number of hydrogen-bond donors (Lipinski definition) is 2. The molecule has 0 radical (unpaired) electrons. The zero-order valence-electron chi connectivity index (χ0n) is 9.29. The number of hydrogen-bond acceptors (Lipinski definition) is 3. The largest absolute Gasteiger partial charge is 0.393 e. The Hall–Kier alpha value is 0.100. The van der Waals surface area contributed by atoms with Crippen LogP contribution in [-0.2, 0) is 6.54 Å². The van der Waals surface area contributed by atoms with Gasteiger partial charge in [0, 0.05) is 13.1 Å². The van der Waals surface area contributed by atoms with Crippen LogP contribution in [0.1, 0.15) is 31.2 Å². The number of halogens is 1. The standard InChI is InChI=1S/C12H18BrNOS/c13-12-5-9(8-16-12)6-14-7-10-3-1-2-4-11(10)15/h5,8,10-11,14-15H,1-4,6-7H2. The summed E-state index contributed by atoms with van der Waals surface area (Å²) in [5.41, 5.74) is 1.32. The van der Waals surface area contributed by atoms with Crippen molar-refractivity contribution in [2.24, 2.45) is 5.92 Å². The van der Waals surface area contributed by atoms with E-state index >= 15 is 0 Å². The van der Waals surface area contributed by atoms with Crippen LogP contribution in [0.4, 0.5) is 0 Å². The van der Waals surface area contributed by atoms with E-state index in [4.69, 9.17) is 0 Å². The fourth-order valence-electron chi connectivity index (χ4n) is 2.27. The van der Waals surface area contributed by atoms with Gasteiger partial charge in [-0.1, -0.05) is 12.8 Å². The minimum Gasteiger partial charge on any atom is -0.393 e. The first-order chi connectivity index (χ1) is 7.75. The van der Waals surface area contributed by atoms with Gasteiger partial charge in [-0.2, -0.15) is 0 Å². The Morgan fingerprint density at radius 3 is 2.94 bits per heavy atom. The van der Waals surface area contributed by atoms with E-state index in [1.165, 1.54) is 28.6 Å². The summed E-state index contributed by atoms with van der Waals surface area (Å²) in [6.45, 7) is 1.85. The van der Waals surface area contributed by atoms with E-state index in [1.807, 2.05) is 0 Å². The summed E-state index contributed by atoms with van der Waals surface area (Å²) >= 11 is 5.18. The highest BCUT2D eigenvalue weighted by Crippen LogP contribution is 2.24. The Morgan fingerprint density at radius 1 is 1.44 bits per heavy atom. The Bertz CT molecular complexity index is 329. The van der Waals surface area contributed by atoms with E-state index in [1.54, 1.807) is 11.3 Å². The molecule has 1 aromatic heterocycles. The second-order valence-electron chi connectivity index (χ2n) is 4.50. The molecule has 1 aromatic rings. The molecule has 1 aliphatic carbocycles. The zero-order chi connectivity index (χ0) is 11.4. The molecule has 0 spiro atoms. The lowest BCUT2D eigenvalue weighted by Gasteiger charge is -2.27. The van der Waals surface area contributed by atoms with Crippen LogP contribution >= 0.6 is 27.3 Å². The maximum Gasteiger partial charge on any atom is 0.0701 e. The molecule has 1 saturated carbocycles. The van der Waals surface area contributed by atoms with Crippen molar-refractivity contribution < 1.29 is 5.11 Å². The molecule has 2 nitrogen and oxygen atoms in total. The third-order valence-electron chi connectivity index (χ3n) is 3.23. The number of rotatable bonds is 4. The Kier molecular flexibility index (Phi) is 4.82. The normalized spacial score (nSPS) is 25.9. The molecule has 0 saturated heterocycles. The van der Waals surface area contributed by atoms with Crippen molar-refractivity contribution in [1.82, 2.24) is 5.32 Å². The fraction of sp³-hybridized carbons (Fsp3) is 0.667. The maximum atomic E-state index is 9.82. The lowest BCUT2D eigenvalue weighted by Crippen LogP contribution is -2.33. The van der Waals surface area contributed by atoms with Gasteiger partial charge < -0.3 is 10.4 Å². The smallest absolute Gasteiger partial charge is 0.0701 e. The molecule has 1 aliphatic rings. The summed E-state index contributed by atoms with van der Waals surface area (Å²) in [4.78, 5) is 0. The first-order valence-corrected chi connectivity index (χ1v) is 7.54. The van der Waals surface area contributed by atoms with E-state index in [-0.39, 0.29) is 6.10 Å². The van der Waals surface area contributed by atoms with Crippen molar-refractivity contribution in [1.29, 1.82) is 0 Å². The molecular formula is C12H18BrNOS. The Labute approximate surface area is 109 Å². The molecule has 0 aliphatic heterocycles. The van der Waals surface area contributed by atoms with Crippen molar-refractivity contribution in [3.8, 4) is 0 Å². The van der Waals surface area contributed by atoms with Gasteiger partial charge in [0.2, 0.25) is 0 Å². The van der Waals surface area contributed by atoms with Crippen LogP contribution in [0.25, 0.3) is 0 Å². The minimum atomic E-state index is -0.0875. The number of nitrogens with one attached hydrogen (secondary N) is 1. The van der Waals surface area contributed by atoms with Crippen LogP contribution in [0.15, 0.2) is 15.2 Å². The monoisotopic (exact) mass is 303 g/mol. The van der Waals surface area contributed by atoms with Gasteiger partial charge in [0.1, 0.15) is 0 Å². The van der Waals surface area contributed by atoms with Crippen LogP contribution < -0.4 is 5.32 Å². The number of aliphatic hydroxyl groups excluding tert-OH is 1. The molecule has 0 bridgehead atoms. The van der Waals surface area contributed by atoms with Crippen LogP contribution in [0, 0.1) is 5.92 Å². The third kappa shape index (κ3) is 3.55. The quantitative estimate of drug-likeness (QED) is 0.895. The summed E-state index contributed by atoms with van der Waals surface area (Å²) in [6.07, 6.45) is 4.52. The fourth-order valence-corrected chi connectivity index (χ4v) is 3.48. The second kappa shape index (κ2) is 6.15. The van der Waals surface area contributed by atoms with Gasteiger partial charge in [0.25, 0.3) is 0 Å². The van der Waals surface area contributed by atoms with Crippen molar-refractivity contribution in [3.63, 3.8) is 0 Å². The second-order valence-corrected chi connectivity index (χ2v) is 6.79. The van der Waals surface area contributed by atoms with Crippen LogP contribution in [0.5, 0.6) is 0 Å². The molecule has 1 fully saturated rings. The molecule has 0 aromatic carbocycles. The molecule has 2 rings (SSSR count). The van der Waals surface area contributed by atoms with Gasteiger partial charge in [-0.25, -0.2) is 0 Å². The molecular weight excluding hydrogens is 286 g/mol. The van der Waals surface area contributed by atoms with Crippen LogP contribution in [0.3, 0.4) is 0 Å². The van der Waals surface area contributed by atoms with Crippen molar-refractivity contribution in [2.45, 2.75) is 38.3 Å². The van der Waals surface area contributed by atoms with Gasteiger partial charge >= 0.3 is 0 Å². The summed E-state index contributed by atoms with van der Waals surface area (Å²) < 4.78 is 1.18. The average molecular weight is 304 g/mol. The maximum absolute atomic E-state index is 9.82. The van der Waals surface area contributed by atoms with Crippen molar-refractivity contribution in [2.75, 3.05) is 6.54 Å². The van der Waals surface area contributed by atoms with Gasteiger partial charge in [0.05, 0.1) is 9.89 Å². The Balaban J connectivity index is 1.71. The van der Waals surface area contributed by atoms with E-state index < -0.39 is 0 Å². The van der Waals surface area contributed by atoms with Crippen molar-refractivity contribution in [3.05, 3.63) is 20.8 Å². The average Bonchev–Trinajstić information content (AvgIpc) is 2.67. The van der Waals surface area contributed by atoms with Crippen molar-refractivity contribution >= 4 is 27.3 Å². The molecule has 0 amide bonds. The topological polar surface area (TPSA) is 32.3 Å². The zero-order valence-corrected chi connectivity index (χ0v) is 11.7. The van der Waals surface area contributed by atoms with Gasteiger partial charge in [-0.05, 0) is 51.7 Å². The van der Waals surface area contributed by atoms with E-state index in [2.05, 4.69) is 32.7 Å².